The minimum atomic E-state index is -0.182. The number of primary amides is 1. The Morgan fingerprint density at radius 2 is 1.88 bits per heavy atom. The summed E-state index contributed by atoms with van der Waals surface area (Å²) < 4.78 is 1.84. The lowest BCUT2D eigenvalue weighted by Crippen LogP contribution is -2.32. The fraction of sp³-hybridized carbons (Fsp3) is 0.333. The van der Waals surface area contributed by atoms with Crippen LogP contribution < -0.4 is 11.1 Å². The molecule has 0 aliphatic heterocycles. The zero-order valence-electron chi connectivity index (χ0n) is 13.8. The number of nitrogens with one attached hydrogen (secondary N) is 1. The van der Waals surface area contributed by atoms with Gasteiger partial charge in [-0.2, -0.15) is 0 Å². The van der Waals surface area contributed by atoms with Crippen LogP contribution in [0.15, 0.2) is 42.9 Å². The first-order chi connectivity index (χ1) is 12.2. The third-order valence-corrected chi connectivity index (χ3v) is 4.82. The van der Waals surface area contributed by atoms with Crippen LogP contribution in [0.1, 0.15) is 25.7 Å². The van der Waals surface area contributed by atoms with Crippen LogP contribution in [0, 0.1) is 5.92 Å². The summed E-state index contributed by atoms with van der Waals surface area (Å²) in [6.07, 6.45) is 8.86. The van der Waals surface area contributed by atoms with Crippen molar-refractivity contribution in [3.8, 4) is 11.3 Å². The van der Waals surface area contributed by atoms with E-state index in [-0.39, 0.29) is 11.8 Å². The predicted octanol–water partition coefficient (Wildman–Crippen LogP) is 2.25. The third kappa shape index (κ3) is 3.17. The molecule has 0 atom stereocenters. The Balaban J connectivity index is 1.54. The molecule has 7 nitrogen and oxygen atoms in total. The Bertz CT molecular complexity index is 883. The Morgan fingerprint density at radius 1 is 1.12 bits per heavy atom. The number of fused-ring (bicyclic) bond motifs is 1. The van der Waals surface area contributed by atoms with E-state index in [0.717, 1.165) is 48.4 Å². The maximum absolute atomic E-state index is 11.3. The Labute approximate surface area is 145 Å². The molecule has 128 valence electrons. The highest BCUT2D eigenvalue weighted by Crippen LogP contribution is 2.26. The molecule has 0 aromatic carbocycles. The zero-order valence-corrected chi connectivity index (χ0v) is 13.8. The number of anilines is 1. The molecule has 0 bridgehead atoms. The van der Waals surface area contributed by atoms with Gasteiger partial charge in [0.1, 0.15) is 5.82 Å². The van der Waals surface area contributed by atoms with Gasteiger partial charge >= 0.3 is 0 Å². The second-order valence-electron chi connectivity index (χ2n) is 6.46. The Kier molecular flexibility index (Phi) is 4.05. The highest BCUT2D eigenvalue weighted by atomic mass is 16.1. The van der Waals surface area contributed by atoms with Crippen LogP contribution in [-0.2, 0) is 4.79 Å². The molecular formula is C18H20N6O. The van der Waals surface area contributed by atoms with Crippen molar-refractivity contribution in [1.29, 1.82) is 0 Å². The van der Waals surface area contributed by atoms with Crippen molar-refractivity contribution in [2.75, 3.05) is 5.32 Å². The molecule has 3 aromatic heterocycles. The first-order valence-corrected chi connectivity index (χ1v) is 8.52. The number of imidazole rings is 1. The monoisotopic (exact) mass is 336 g/mol. The molecule has 3 aromatic rings. The van der Waals surface area contributed by atoms with E-state index in [1.54, 1.807) is 12.4 Å². The van der Waals surface area contributed by atoms with Gasteiger partial charge in [-0.15, -0.1) is 5.10 Å². The number of hydrogen-bond donors (Lipinski definition) is 2. The number of carbonyl (C=O) groups excluding carboxylic acids is 1. The minimum Gasteiger partial charge on any atom is -0.369 e. The van der Waals surface area contributed by atoms with Gasteiger partial charge in [0, 0.05) is 29.9 Å². The number of carbonyl (C=O) groups is 1. The van der Waals surface area contributed by atoms with E-state index in [2.05, 4.69) is 15.3 Å². The quantitative estimate of drug-likeness (QED) is 0.761. The van der Waals surface area contributed by atoms with Crippen LogP contribution in [0.2, 0.25) is 0 Å². The van der Waals surface area contributed by atoms with E-state index in [1.807, 2.05) is 35.0 Å². The summed E-state index contributed by atoms with van der Waals surface area (Å²) in [7, 11) is 0. The van der Waals surface area contributed by atoms with Crippen molar-refractivity contribution >= 4 is 17.4 Å². The lowest BCUT2D eigenvalue weighted by atomic mass is 9.85. The number of hydrogen-bond acceptors (Lipinski definition) is 5. The molecule has 1 amide bonds. The van der Waals surface area contributed by atoms with Crippen molar-refractivity contribution in [2.45, 2.75) is 31.7 Å². The fourth-order valence-corrected chi connectivity index (χ4v) is 3.40. The molecule has 1 aliphatic rings. The molecule has 3 N–H and O–H groups in total. The molecule has 25 heavy (non-hydrogen) atoms. The summed E-state index contributed by atoms with van der Waals surface area (Å²) in [6, 6.07) is 8.09. The lowest BCUT2D eigenvalue weighted by molar-refractivity contribution is -0.122. The summed E-state index contributed by atoms with van der Waals surface area (Å²) in [5.74, 6) is 0.641. The van der Waals surface area contributed by atoms with Gasteiger partial charge in [0.05, 0.1) is 11.9 Å². The molecule has 3 heterocycles. The second kappa shape index (κ2) is 6.51. The molecule has 1 fully saturated rings. The van der Waals surface area contributed by atoms with E-state index in [1.165, 1.54) is 0 Å². The van der Waals surface area contributed by atoms with Crippen LogP contribution in [-0.4, -0.2) is 31.5 Å². The molecule has 7 heteroatoms. The smallest absolute Gasteiger partial charge is 0.220 e. The fourth-order valence-electron chi connectivity index (χ4n) is 3.40. The molecule has 0 radical (unpaired) electrons. The molecule has 1 saturated carbocycles. The van der Waals surface area contributed by atoms with Crippen LogP contribution in [0.4, 0.5) is 5.82 Å². The number of nitrogens with two attached hydrogens (primary N) is 1. The van der Waals surface area contributed by atoms with Gasteiger partial charge in [-0.1, -0.05) is 0 Å². The number of aromatic nitrogens is 4. The standard InChI is InChI=1S/C18H20N6O/c19-18(25)13-1-3-14(4-2-13)22-16-5-6-17-21-11-15(24(17)23-16)12-7-9-20-10-8-12/h5-11,13-14H,1-4H2,(H2,19,25)(H,22,23). The van der Waals surface area contributed by atoms with E-state index in [0.29, 0.717) is 6.04 Å². The molecule has 4 rings (SSSR count). The first kappa shape index (κ1) is 15.6. The molecule has 1 aliphatic carbocycles. The van der Waals surface area contributed by atoms with Gasteiger partial charge in [0.15, 0.2) is 5.65 Å². The maximum Gasteiger partial charge on any atom is 0.220 e. The average Bonchev–Trinajstić information content (AvgIpc) is 3.06. The first-order valence-electron chi connectivity index (χ1n) is 8.52. The van der Waals surface area contributed by atoms with Gasteiger partial charge < -0.3 is 11.1 Å². The summed E-state index contributed by atoms with van der Waals surface area (Å²) >= 11 is 0. The summed E-state index contributed by atoms with van der Waals surface area (Å²) in [5, 5.41) is 8.17. The van der Waals surface area contributed by atoms with Gasteiger partial charge in [-0.05, 0) is 49.9 Å². The highest BCUT2D eigenvalue weighted by molar-refractivity contribution is 5.76. The van der Waals surface area contributed by atoms with E-state index in [9.17, 15) is 4.79 Å². The minimum absolute atomic E-state index is 0.0143. The lowest BCUT2D eigenvalue weighted by Gasteiger charge is -2.27. The van der Waals surface area contributed by atoms with Crippen LogP contribution in [0.25, 0.3) is 16.9 Å². The summed E-state index contributed by atoms with van der Waals surface area (Å²) in [6.45, 7) is 0. The number of rotatable bonds is 4. The highest BCUT2D eigenvalue weighted by Gasteiger charge is 2.24. The number of amides is 1. The maximum atomic E-state index is 11.3. The Hall–Kier alpha value is -2.96. The van der Waals surface area contributed by atoms with Gasteiger partial charge in [-0.25, -0.2) is 9.50 Å². The second-order valence-corrected chi connectivity index (χ2v) is 6.46. The zero-order chi connectivity index (χ0) is 17.2. The number of nitrogens with zero attached hydrogens (tertiary/aromatic N) is 4. The van der Waals surface area contributed by atoms with E-state index < -0.39 is 0 Å². The number of pyridine rings is 1. The van der Waals surface area contributed by atoms with Gasteiger partial charge in [0.25, 0.3) is 0 Å². The summed E-state index contributed by atoms with van der Waals surface area (Å²) in [4.78, 5) is 19.7. The van der Waals surface area contributed by atoms with E-state index in [4.69, 9.17) is 10.8 Å². The third-order valence-electron chi connectivity index (χ3n) is 4.82. The van der Waals surface area contributed by atoms with Crippen molar-refractivity contribution in [1.82, 2.24) is 19.6 Å². The van der Waals surface area contributed by atoms with Crippen LogP contribution in [0.3, 0.4) is 0 Å². The van der Waals surface area contributed by atoms with Crippen molar-refractivity contribution < 1.29 is 4.79 Å². The predicted molar refractivity (Wildman–Crippen MR) is 94.8 cm³/mol. The van der Waals surface area contributed by atoms with Crippen molar-refractivity contribution in [2.24, 2.45) is 11.7 Å². The largest absolute Gasteiger partial charge is 0.369 e. The van der Waals surface area contributed by atoms with Crippen LogP contribution >= 0.6 is 0 Å². The molecular weight excluding hydrogens is 316 g/mol. The summed E-state index contributed by atoms with van der Waals surface area (Å²) in [5.41, 5.74) is 8.15. The molecule has 0 saturated heterocycles. The SMILES string of the molecule is NC(=O)C1CCC(Nc2ccc3ncc(-c4ccncc4)n3n2)CC1. The van der Waals surface area contributed by atoms with Gasteiger partial charge in [0.2, 0.25) is 5.91 Å². The average molecular weight is 336 g/mol. The normalized spacial score (nSPS) is 20.5. The molecule has 0 unspecified atom stereocenters. The van der Waals surface area contributed by atoms with Crippen LogP contribution in [0.5, 0.6) is 0 Å². The van der Waals surface area contributed by atoms with E-state index >= 15 is 0 Å². The molecule has 0 spiro atoms. The van der Waals surface area contributed by atoms with Crippen molar-refractivity contribution in [3.05, 3.63) is 42.9 Å². The van der Waals surface area contributed by atoms with Crippen molar-refractivity contribution in [3.63, 3.8) is 0 Å². The Morgan fingerprint density at radius 3 is 2.60 bits per heavy atom. The van der Waals surface area contributed by atoms with Gasteiger partial charge in [-0.3, -0.25) is 9.78 Å². The topological polar surface area (TPSA) is 98.2 Å².